The van der Waals surface area contributed by atoms with Crippen molar-refractivity contribution < 1.29 is 8.78 Å². The molecule has 1 aromatic heterocycles. The van der Waals surface area contributed by atoms with Gasteiger partial charge < -0.3 is 9.88 Å². The van der Waals surface area contributed by atoms with E-state index in [1.165, 1.54) is 12.1 Å². The molecule has 1 heterocycles. The third-order valence-corrected chi connectivity index (χ3v) is 3.15. The third kappa shape index (κ3) is 2.66. The number of nitrogens with zero attached hydrogens (tertiary/aromatic N) is 2. The second-order valence-electron chi connectivity index (χ2n) is 4.50. The molecule has 0 fully saturated rings. The van der Waals surface area contributed by atoms with Gasteiger partial charge in [-0.25, -0.2) is 13.8 Å². The number of hydrogen-bond donors (Lipinski definition) is 1. The van der Waals surface area contributed by atoms with Crippen LogP contribution < -0.4 is 5.32 Å². The smallest absolute Gasteiger partial charge is 0.135 e. The molecule has 1 aromatic carbocycles. The van der Waals surface area contributed by atoms with Crippen molar-refractivity contribution in [3.8, 4) is 11.3 Å². The molecule has 0 saturated carbocycles. The molecule has 2 rings (SSSR count). The van der Waals surface area contributed by atoms with E-state index in [4.69, 9.17) is 0 Å². The molecule has 0 atom stereocenters. The first-order valence-corrected chi connectivity index (χ1v) is 6.16. The number of aromatic nitrogens is 2. The molecule has 0 amide bonds. The fourth-order valence-electron chi connectivity index (χ4n) is 2.21. The largest absolute Gasteiger partial charge is 0.331 e. The van der Waals surface area contributed by atoms with E-state index in [1.807, 2.05) is 25.6 Å². The summed E-state index contributed by atoms with van der Waals surface area (Å²) in [5.41, 5.74) is 1.83. The summed E-state index contributed by atoms with van der Waals surface area (Å²) in [6.07, 6.45) is 0.761. The molecule has 2 aromatic rings. The molecule has 5 heteroatoms. The number of likely N-dealkylation sites (N-methyl/N-ethyl adjacent to an activating group) is 1. The highest BCUT2D eigenvalue weighted by Crippen LogP contribution is 2.27. The Balaban J connectivity index is 2.47. The zero-order valence-corrected chi connectivity index (χ0v) is 11.3. The quantitative estimate of drug-likeness (QED) is 0.920. The Morgan fingerprint density at radius 1 is 1.32 bits per heavy atom. The van der Waals surface area contributed by atoms with E-state index in [2.05, 4.69) is 10.3 Å². The minimum atomic E-state index is -0.573. The highest BCUT2D eigenvalue weighted by Gasteiger charge is 2.16. The van der Waals surface area contributed by atoms with Gasteiger partial charge in [-0.3, -0.25) is 0 Å². The SMILES string of the molecule is CNCCc1nc(C)c(-c2ccc(F)cc2F)n1C. The first-order chi connectivity index (χ1) is 9.04. The van der Waals surface area contributed by atoms with Crippen molar-refractivity contribution in [1.29, 1.82) is 0 Å². The predicted octanol–water partition coefficient (Wildman–Crippen LogP) is 2.44. The van der Waals surface area contributed by atoms with Gasteiger partial charge in [0.1, 0.15) is 17.5 Å². The van der Waals surface area contributed by atoms with Gasteiger partial charge in [-0.2, -0.15) is 0 Å². The summed E-state index contributed by atoms with van der Waals surface area (Å²) in [5.74, 6) is -0.256. The topological polar surface area (TPSA) is 29.9 Å². The predicted molar refractivity (Wildman–Crippen MR) is 70.9 cm³/mol. The Kier molecular flexibility index (Phi) is 3.95. The zero-order valence-electron chi connectivity index (χ0n) is 11.3. The standard InChI is InChI=1S/C14H17F2N3/c1-9-14(11-5-4-10(15)8-12(11)16)19(3)13(18-9)6-7-17-2/h4-5,8,17H,6-7H2,1-3H3. The Morgan fingerprint density at radius 3 is 2.68 bits per heavy atom. The Hall–Kier alpha value is -1.75. The second-order valence-corrected chi connectivity index (χ2v) is 4.50. The van der Waals surface area contributed by atoms with Gasteiger partial charge in [-0.15, -0.1) is 0 Å². The number of rotatable bonds is 4. The summed E-state index contributed by atoms with van der Waals surface area (Å²) in [5, 5.41) is 3.05. The van der Waals surface area contributed by atoms with Crippen molar-refractivity contribution in [2.75, 3.05) is 13.6 Å². The van der Waals surface area contributed by atoms with Crippen LogP contribution in [-0.4, -0.2) is 23.1 Å². The molecule has 0 saturated heterocycles. The molecular weight excluding hydrogens is 248 g/mol. The van der Waals surface area contributed by atoms with Crippen LogP contribution in [-0.2, 0) is 13.5 Å². The number of aryl methyl sites for hydroxylation is 1. The molecule has 102 valence electrons. The van der Waals surface area contributed by atoms with Crippen molar-refractivity contribution in [1.82, 2.24) is 14.9 Å². The Labute approximate surface area is 111 Å². The van der Waals surface area contributed by atoms with Gasteiger partial charge in [0.2, 0.25) is 0 Å². The van der Waals surface area contributed by atoms with Crippen LogP contribution in [0.3, 0.4) is 0 Å². The molecule has 1 N–H and O–H groups in total. The minimum absolute atomic E-state index is 0.379. The third-order valence-electron chi connectivity index (χ3n) is 3.15. The maximum absolute atomic E-state index is 13.9. The minimum Gasteiger partial charge on any atom is -0.331 e. The maximum Gasteiger partial charge on any atom is 0.135 e. The number of hydrogen-bond acceptors (Lipinski definition) is 2. The summed E-state index contributed by atoms with van der Waals surface area (Å²) in [4.78, 5) is 4.45. The lowest BCUT2D eigenvalue weighted by molar-refractivity contribution is 0.584. The van der Waals surface area contributed by atoms with Gasteiger partial charge in [0.25, 0.3) is 0 Å². The van der Waals surface area contributed by atoms with E-state index in [-0.39, 0.29) is 0 Å². The first-order valence-electron chi connectivity index (χ1n) is 6.16. The van der Waals surface area contributed by atoms with E-state index >= 15 is 0 Å². The van der Waals surface area contributed by atoms with Crippen LogP contribution in [0.2, 0.25) is 0 Å². The van der Waals surface area contributed by atoms with Gasteiger partial charge in [-0.05, 0) is 26.1 Å². The van der Waals surface area contributed by atoms with Crippen molar-refractivity contribution >= 4 is 0 Å². The lowest BCUT2D eigenvalue weighted by atomic mass is 10.1. The molecule has 3 nitrogen and oxygen atoms in total. The van der Waals surface area contributed by atoms with E-state index in [0.29, 0.717) is 11.3 Å². The fourth-order valence-corrected chi connectivity index (χ4v) is 2.21. The lowest BCUT2D eigenvalue weighted by Crippen LogP contribution is -2.13. The lowest BCUT2D eigenvalue weighted by Gasteiger charge is -2.08. The number of halogens is 2. The van der Waals surface area contributed by atoms with E-state index in [0.717, 1.165) is 30.6 Å². The van der Waals surface area contributed by atoms with E-state index in [1.54, 1.807) is 0 Å². The molecular formula is C14H17F2N3. The summed E-state index contributed by atoms with van der Waals surface area (Å²) in [6, 6.07) is 3.61. The van der Waals surface area contributed by atoms with Crippen molar-refractivity contribution in [3.05, 3.63) is 41.4 Å². The van der Waals surface area contributed by atoms with E-state index in [9.17, 15) is 8.78 Å². The summed E-state index contributed by atoms with van der Waals surface area (Å²) < 4.78 is 28.7. The molecule has 19 heavy (non-hydrogen) atoms. The van der Waals surface area contributed by atoms with Crippen LogP contribution in [0.4, 0.5) is 8.78 Å². The Bertz CT molecular complexity index is 591. The van der Waals surface area contributed by atoms with Gasteiger partial charge in [0, 0.05) is 31.6 Å². The van der Waals surface area contributed by atoms with Gasteiger partial charge in [0.15, 0.2) is 0 Å². The molecule has 0 bridgehead atoms. The van der Waals surface area contributed by atoms with Crippen LogP contribution >= 0.6 is 0 Å². The normalized spacial score (nSPS) is 11.0. The molecule has 0 unspecified atom stereocenters. The molecule has 0 spiro atoms. The average molecular weight is 265 g/mol. The molecule has 0 aliphatic rings. The van der Waals surface area contributed by atoms with E-state index < -0.39 is 11.6 Å². The van der Waals surface area contributed by atoms with Crippen molar-refractivity contribution in [2.24, 2.45) is 7.05 Å². The summed E-state index contributed by atoms with van der Waals surface area (Å²) in [7, 11) is 3.72. The molecule has 0 aliphatic carbocycles. The number of benzene rings is 1. The Morgan fingerprint density at radius 2 is 2.05 bits per heavy atom. The number of nitrogens with one attached hydrogen (secondary N) is 1. The number of imidazole rings is 1. The highest BCUT2D eigenvalue weighted by atomic mass is 19.1. The van der Waals surface area contributed by atoms with Crippen LogP contribution in [0.25, 0.3) is 11.3 Å². The van der Waals surface area contributed by atoms with Crippen LogP contribution in [0.1, 0.15) is 11.5 Å². The van der Waals surface area contributed by atoms with Crippen LogP contribution in [0.5, 0.6) is 0 Å². The van der Waals surface area contributed by atoms with Crippen LogP contribution in [0, 0.1) is 18.6 Å². The molecule has 0 radical (unpaired) electrons. The van der Waals surface area contributed by atoms with Gasteiger partial charge >= 0.3 is 0 Å². The van der Waals surface area contributed by atoms with Gasteiger partial charge in [0.05, 0.1) is 11.4 Å². The fraction of sp³-hybridized carbons (Fsp3) is 0.357. The average Bonchev–Trinajstić information content (AvgIpc) is 2.63. The summed E-state index contributed by atoms with van der Waals surface area (Å²) >= 11 is 0. The van der Waals surface area contributed by atoms with Crippen molar-refractivity contribution in [2.45, 2.75) is 13.3 Å². The first kappa shape index (κ1) is 13.7. The maximum atomic E-state index is 13.9. The molecule has 0 aliphatic heterocycles. The summed E-state index contributed by atoms with van der Waals surface area (Å²) in [6.45, 7) is 2.64. The van der Waals surface area contributed by atoms with Gasteiger partial charge in [-0.1, -0.05) is 0 Å². The monoisotopic (exact) mass is 265 g/mol. The van der Waals surface area contributed by atoms with Crippen LogP contribution in [0.15, 0.2) is 18.2 Å². The highest BCUT2D eigenvalue weighted by molar-refractivity contribution is 5.63. The van der Waals surface area contributed by atoms with Crippen molar-refractivity contribution in [3.63, 3.8) is 0 Å². The zero-order chi connectivity index (χ0) is 14.0. The second kappa shape index (κ2) is 5.48.